The third kappa shape index (κ3) is 8.12. The molecule has 3 nitrogen and oxygen atoms in total. The highest BCUT2D eigenvalue weighted by atomic mass is 79.9. The van der Waals surface area contributed by atoms with Gasteiger partial charge in [-0.15, -0.1) is 0 Å². The van der Waals surface area contributed by atoms with Gasteiger partial charge in [-0.25, -0.2) is 4.39 Å². The molecule has 1 saturated carbocycles. The fourth-order valence-corrected chi connectivity index (χ4v) is 7.06. The van der Waals surface area contributed by atoms with Crippen molar-refractivity contribution >= 4 is 30.2 Å². The second-order valence-electron chi connectivity index (χ2n) is 12.3. The van der Waals surface area contributed by atoms with Gasteiger partial charge in [-0.1, -0.05) is 85.3 Å². The highest BCUT2D eigenvalue weighted by Gasteiger charge is 2.45. The monoisotopic (exact) mass is 592 g/mol. The first-order chi connectivity index (χ1) is 17.4. The van der Waals surface area contributed by atoms with Crippen LogP contribution in [0.1, 0.15) is 64.5 Å². The third-order valence-corrected chi connectivity index (χ3v) is 13.6. The van der Waals surface area contributed by atoms with Crippen molar-refractivity contribution in [3.8, 4) is 0 Å². The number of carbonyl (C=O) groups is 1. The van der Waals surface area contributed by atoms with E-state index in [1.54, 1.807) is 0 Å². The highest BCUT2D eigenvalue weighted by Crippen LogP contribution is 2.42. The summed E-state index contributed by atoms with van der Waals surface area (Å²) in [7, 11) is -2.05. The maximum absolute atomic E-state index is 15.4. The molecular weight excluding hydrogens is 547 g/mol. The van der Waals surface area contributed by atoms with E-state index in [1.165, 1.54) is 18.1 Å². The molecule has 0 N–H and O–H groups in total. The lowest BCUT2D eigenvalue weighted by Gasteiger charge is -2.40. The van der Waals surface area contributed by atoms with Crippen LogP contribution in [0.3, 0.4) is 0 Å². The summed E-state index contributed by atoms with van der Waals surface area (Å²) in [5.74, 6) is -0.351. The van der Waals surface area contributed by atoms with E-state index in [0.29, 0.717) is 12.3 Å². The van der Waals surface area contributed by atoms with Gasteiger partial charge in [0.2, 0.25) is 0 Å². The molecule has 0 bridgehead atoms. The average Bonchev–Trinajstić information content (AvgIpc) is 3.36. The zero-order valence-corrected chi connectivity index (χ0v) is 26.1. The standard InChI is InChI=1S/C31H46BrFO3Si/c1-22(34)35-30-21-28(33)26(27(30)15-9-7-8-12-18-32)16-17-29(36-37(5,6)31(2,3)4)25-19-23-13-10-11-14-24(23)20-25/h7,9-11,13-14,16-17,25-30H,8,12,15,18-21H2,1-6H3/b9-7+,17-16+. The quantitative estimate of drug-likeness (QED) is 0.0850. The van der Waals surface area contributed by atoms with Crippen LogP contribution in [0, 0.1) is 17.8 Å². The SMILES string of the molecule is CC(=O)OC1CC(F)C(/C=C/C(O[Si](C)(C)C(C)(C)C)C2Cc3ccccc3C2)C1C/C=C/CCCBr. The molecule has 0 aliphatic heterocycles. The maximum Gasteiger partial charge on any atom is 0.302 e. The van der Waals surface area contributed by atoms with E-state index in [1.807, 2.05) is 0 Å². The normalized spacial score (nSPS) is 25.7. The number of allylic oxidation sites excluding steroid dienone is 3. The van der Waals surface area contributed by atoms with Crippen LogP contribution in [0.15, 0.2) is 48.6 Å². The van der Waals surface area contributed by atoms with Crippen molar-refractivity contribution in [2.75, 3.05) is 5.33 Å². The highest BCUT2D eigenvalue weighted by molar-refractivity contribution is 9.09. The van der Waals surface area contributed by atoms with E-state index < -0.39 is 20.6 Å². The summed E-state index contributed by atoms with van der Waals surface area (Å²) in [5.41, 5.74) is 2.80. The number of carbonyl (C=O) groups excluding carboxylic acids is 1. The first-order valence-corrected chi connectivity index (χ1v) is 17.9. The lowest BCUT2D eigenvalue weighted by atomic mass is 9.89. The minimum atomic E-state index is -2.05. The molecule has 0 aromatic heterocycles. The number of esters is 1. The first kappa shape index (κ1) is 30.3. The molecular formula is C31H46BrFO3Si. The van der Waals surface area contributed by atoms with Gasteiger partial charge in [0.25, 0.3) is 0 Å². The number of hydrogen-bond donors (Lipinski definition) is 0. The van der Waals surface area contributed by atoms with Crippen LogP contribution in [0.2, 0.25) is 18.1 Å². The summed E-state index contributed by atoms with van der Waals surface area (Å²) in [6.45, 7) is 12.8. The molecule has 5 atom stereocenters. The van der Waals surface area contributed by atoms with Crippen LogP contribution >= 0.6 is 15.9 Å². The van der Waals surface area contributed by atoms with Crippen LogP contribution < -0.4 is 0 Å². The predicted molar refractivity (Wildman–Crippen MR) is 157 cm³/mol. The minimum Gasteiger partial charge on any atom is -0.462 e. The van der Waals surface area contributed by atoms with Gasteiger partial charge in [0.05, 0.1) is 6.10 Å². The second-order valence-corrected chi connectivity index (χ2v) is 17.9. The van der Waals surface area contributed by atoms with Crippen LogP contribution in [0.5, 0.6) is 0 Å². The molecule has 2 aliphatic rings. The average molecular weight is 594 g/mol. The molecule has 0 radical (unpaired) electrons. The van der Waals surface area contributed by atoms with Crippen molar-refractivity contribution < 1.29 is 18.3 Å². The lowest BCUT2D eigenvalue weighted by molar-refractivity contribution is -0.148. The number of benzene rings is 1. The van der Waals surface area contributed by atoms with E-state index in [2.05, 4.69) is 98.4 Å². The minimum absolute atomic E-state index is 0.0651. The zero-order chi connectivity index (χ0) is 27.2. The molecule has 6 heteroatoms. The fourth-order valence-electron chi connectivity index (χ4n) is 5.43. The van der Waals surface area contributed by atoms with E-state index in [9.17, 15) is 4.79 Å². The smallest absolute Gasteiger partial charge is 0.302 e. The Morgan fingerprint density at radius 1 is 1.19 bits per heavy atom. The Labute approximate surface area is 233 Å². The largest absolute Gasteiger partial charge is 0.462 e. The zero-order valence-electron chi connectivity index (χ0n) is 23.5. The molecule has 2 aliphatic carbocycles. The molecule has 0 heterocycles. The molecule has 1 aromatic rings. The van der Waals surface area contributed by atoms with E-state index in [4.69, 9.17) is 9.16 Å². The summed E-state index contributed by atoms with van der Waals surface area (Å²) < 4.78 is 28.0. The van der Waals surface area contributed by atoms with Gasteiger partial charge in [-0.2, -0.15) is 0 Å². The molecule has 0 spiro atoms. The van der Waals surface area contributed by atoms with E-state index >= 15 is 4.39 Å². The Balaban J connectivity index is 1.84. The number of alkyl halides is 2. The van der Waals surface area contributed by atoms with Gasteiger partial charge in [-0.3, -0.25) is 4.79 Å². The summed E-state index contributed by atoms with van der Waals surface area (Å²) in [4.78, 5) is 11.8. The number of halogens is 2. The number of ether oxygens (including phenoxy) is 1. The summed E-state index contributed by atoms with van der Waals surface area (Å²) in [5, 5.41) is 1.05. The van der Waals surface area contributed by atoms with Gasteiger partial charge < -0.3 is 9.16 Å². The molecule has 0 amide bonds. The van der Waals surface area contributed by atoms with Gasteiger partial charge in [0, 0.05) is 30.5 Å². The van der Waals surface area contributed by atoms with Crippen LogP contribution in [0.25, 0.3) is 0 Å². The summed E-state index contributed by atoms with van der Waals surface area (Å²) in [6, 6.07) is 8.66. The molecule has 1 fully saturated rings. The lowest BCUT2D eigenvalue weighted by Crippen LogP contribution is -2.45. The van der Waals surface area contributed by atoms with Gasteiger partial charge in [-0.05, 0) is 67.3 Å². The molecule has 37 heavy (non-hydrogen) atoms. The van der Waals surface area contributed by atoms with Gasteiger partial charge in [0.15, 0.2) is 8.32 Å². The van der Waals surface area contributed by atoms with Gasteiger partial charge >= 0.3 is 5.97 Å². The summed E-state index contributed by atoms with van der Waals surface area (Å²) in [6.07, 6.45) is 12.0. The third-order valence-electron chi connectivity index (χ3n) is 8.55. The molecule has 5 unspecified atom stereocenters. The van der Waals surface area contributed by atoms with Crippen LogP contribution in [-0.2, 0) is 26.8 Å². The fraction of sp³-hybridized carbons (Fsp3) is 0.645. The van der Waals surface area contributed by atoms with Crippen molar-refractivity contribution in [3.05, 3.63) is 59.7 Å². The topological polar surface area (TPSA) is 35.5 Å². The second kappa shape index (κ2) is 13.2. The van der Waals surface area contributed by atoms with E-state index in [0.717, 1.165) is 31.0 Å². The van der Waals surface area contributed by atoms with Crippen molar-refractivity contribution in [2.24, 2.45) is 17.8 Å². The number of hydrogen-bond acceptors (Lipinski definition) is 3. The van der Waals surface area contributed by atoms with E-state index in [-0.39, 0.29) is 35.4 Å². The Kier molecular flexibility index (Phi) is 10.8. The van der Waals surface area contributed by atoms with Crippen LogP contribution in [-0.4, -0.2) is 38.0 Å². The molecule has 3 rings (SSSR count). The van der Waals surface area contributed by atoms with Gasteiger partial charge in [0.1, 0.15) is 12.3 Å². The Morgan fingerprint density at radius 3 is 2.41 bits per heavy atom. The number of unbranched alkanes of at least 4 members (excludes halogenated alkanes) is 1. The van der Waals surface area contributed by atoms with Crippen molar-refractivity contribution in [1.82, 2.24) is 0 Å². The molecule has 206 valence electrons. The molecule has 1 aromatic carbocycles. The first-order valence-electron chi connectivity index (χ1n) is 13.9. The van der Waals surface area contributed by atoms with Crippen molar-refractivity contribution in [3.63, 3.8) is 0 Å². The van der Waals surface area contributed by atoms with Crippen molar-refractivity contribution in [1.29, 1.82) is 0 Å². The summed E-state index contributed by atoms with van der Waals surface area (Å²) >= 11 is 3.47. The number of rotatable bonds is 11. The number of fused-ring (bicyclic) bond motifs is 1. The van der Waals surface area contributed by atoms with Crippen molar-refractivity contribution in [2.45, 2.75) is 103 Å². The molecule has 0 saturated heterocycles. The Hall–Kier alpha value is -1.24. The van der Waals surface area contributed by atoms with Crippen LogP contribution in [0.4, 0.5) is 4.39 Å². The predicted octanol–water partition coefficient (Wildman–Crippen LogP) is 8.38. The maximum atomic E-state index is 15.4. The Morgan fingerprint density at radius 2 is 1.84 bits per heavy atom. The Bertz CT molecular complexity index is 929.